The van der Waals surface area contributed by atoms with E-state index in [4.69, 9.17) is 0 Å². The van der Waals surface area contributed by atoms with Crippen molar-refractivity contribution in [3.8, 4) is 0 Å². The average molecular weight is 583 g/mol. The van der Waals surface area contributed by atoms with Crippen molar-refractivity contribution < 1.29 is 9.90 Å². The van der Waals surface area contributed by atoms with Crippen LogP contribution in [0.1, 0.15) is 122 Å². The molecule has 0 spiro atoms. The maximum atomic E-state index is 11.1. The number of aliphatic hydroxyl groups is 1. The quantitative estimate of drug-likeness (QED) is 0.339. The predicted molar refractivity (Wildman–Crippen MR) is 177 cm³/mol. The Morgan fingerprint density at radius 1 is 0.860 bits per heavy atom. The zero-order valence-corrected chi connectivity index (χ0v) is 27.6. The van der Waals surface area contributed by atoms with E-state index in [1.165, 1.54) is 93.7 Å². The van der Waals surface area contributed by atoms with Crippen LogP contribution in [0.15, 0.2) is 48.1 Å². The van der Waals surface area contributed by atoms with Gasteiger partial charge < -0.3 is 9.90 Å². The average Bonchev–Trinajstić information content (AvgIpc) is 3.43. The van der Waals surface area contributed by atoms with Gasteiger partial charge in [-0.15, -0.1) is 0 Å². The van der Waals surface area contributed by atoms with E-state index >= 15 is 0 Å². The first kappa shape index (κ1) is 30.0. The van der Waals surface area contributed by atoms with E-state index in [9.17, 15) is 9.90 Å². The Kier molecular flexibility index (Phi) is 7.67. The Morgan fingerprint density at radius 3 is 2.47 bits per heavy atom. The summed E-state index contributed by atoms with van der Waals surface area (Å²) in [6, 6.07) is 9.41. The molecular weight excluding hydrogens is 524 g/mol. The van der Waals surface area contributed by atoms with Crippen molar-refractivity contribution in [3.63, 3.8) is 0 Å². The minimum absolute atomic E-state index is 0.0547. The minimum Gasteiger partial charge on any atom is -0.393 e. The first-order valence-electron chi connectivity index (χ1n) is 18.2. The fourth-order valence-electron chi connectivity index (χ4n) is 13.2. The summed E-state index contributed by atoms with van der Waals surface area (Å²) in [4.78, 5) is 11.1. The molecule has 0 aromatic heterocycles. The second-order valence-corrected chi connectivity index (χ2v) is 17.4. The molecule has 5 saturated carbocycles. The Bertz CT molecular complexity index is 1270. The number of fused-ring (bicyclic) bond motifs is 7. The van der Waals surface area contributed by atoms with E-state index < -0.39 is 0 Å². The fraction of sp³-hybridized carbons (Fsp3) is 0.732. The molecule has 2 nitrogen and oxygen atoms in total. The van der Waals surface area contributed by atoms with Crippen LogP contribution in [-0.2, 0) is 17.6 Å². The largest absolute Gasteiger partial charge is 0.393 e. The maximum Gasteiger partial charge on any atom is 0.127 e. The Hall–Kier alpha value is -1.67. The molecule has 43 heavy (non-hydrogen) atoms. The first-order chi connectivity index (χ1) is 20.6. The van der Waals surface area contributed by atoms with Gasteiger partial charge in [0, 0.05) is 5.92 Å². The lowest BCUT2D eigenvalue weighted by Gasteiger charge is -2.69. The minimum atomic E-state index is -0.127. The summed E-state index contributed by atoms with van der Waals surface area (Å²) in [5.74, 6) is 4.35. The van der Waals surface area contributed by atoms with E-state index in [0.717, 1.165) is 49.2 Å². The number of hydrogen-bond donors (Lipinski definition) is 1. The number of aliphatic hydroxyl groups excluding tert-OH is 1. The summed E-state index contributed by atoms with van der Waals surface area (Å²) in [6.45, 7) is 10.2. The molecule has 0 bridgehead atoms. The second kappa shape index (κ2) is 11.0. The summed E-state index contributed by atoms with van der Waals surface area (Å²) in [5.41, 5.74) is 5.79. The molecular formula is C41H58O2. The zero-order valence-electron chi connectivity index (χ0n) is 27.6. The van der Waals surface area contributed by atoms with Crippen molar-refractivity contribution in [1.82, 2.24) is 0 Å². The number of aldehydes is 1. The molecule has 2 heteroatoms. The smallest absolute Gasteiger partial charge is 0.127 e. The molecule has 5 fully saturated rings. The third-order valence-corrected chi connectivity index (χ3v) is 15.4. The predicted octanol–water partition coefficient (Wildman–Crippen LogP) is 9.69. The lowest BCUT2D eigenvalue weighted by molar-refractivity contribution is -0.214. The fourth-order valence-corrected chi connectivity index (χ4v) is 13.2. The van der Waals surface area contributed by atoms with Crippen LogP contribution in [0, 0.1) is 57.2 Å². The first-order valence-corrected chi connectivity index (χ1v) is 18.2. The van der Waals surface area contributed by atoms with Crippen molar-refractivity contribution in [2.24, 2.45) is 57.2 Å². The molecule has 234 valence electrons. The molecule has 0 radical (unpaired) electrons. The molecule has 1 N–H and O–H groups in total. The summed E-state index contributed by atoms with van der Waals surface area (Å²) >= 11 is 0. The van der Waals surface area contributed by atoms with Gasteiger partial charge in [-0.05, 0) is 158 Å². The third kappa shape index (κ3) is 4.87. The summed E-state index contributed by atoms with van der Waals surface area (Å²) in [5, 5.41) is 11.0. The molecule has 0 heterocycles. The summed E-state index contributed by atoms with van der Waals surface area (Å²) in [6.07, 6.45) is 27.0. The van der Waals surface area contributed by atoms with E-state index in [1.54, 1.807) is 0 Å². The number of hydrogen-bond acceptors (Lipinski definition) is 2. The molecule has 1 aromatic rings. The van der Waals surface area contributed by atoms with Crippen LogP contribution < -0.4 is 0 Å². The van der Waals surface area contributed by atoms with Crippen molar-refractivity contribution in [2.75, 3.05) is 0 Å². The van der Waals surface area contributed by atoms with Gasteiger partial charge in [0.1, 0.15) is 6.29 Å². The lowest BCUT2D eigenvalue weighted by atomic mass is 9.36. The third-order valence-electron chi connectivity index (χ3n) is 15.4. The highest BCUT2D eigenvalue weighted by Gasteiger charge is 2.66. The van der Waals surface area contributed by atoms with Crippen molar-refractivity contribution in [2.45, 2.75) is 130 Å². The molecule has 10 unspecified atom stereocenters. The van der Waals surface area contributed by atoms with Crippen LogP contribution in [0.5, 0.6) is 0 Å². The number of carbonyl (C=O) groups is 1. The SMILES string of the molecule is CC1(C)C(O)CCC2(C)C1CCC1(C)C3CCC4(CCc5cccc(CC6=CCC(C=O)C=C6)c5)CCCC4C3CCC12. The molecule has 6 aliphatic carbocycles. The highest BCUT2D eigenvalue weighted by atomic mass is 16.3. The molecule has 0 saturated heterocycles. The van der Waals surface area contributed by atoms with Gasteiger partial charge in [0.2, 0.25) is 0 Å². The van der Waals surface area contributed by atoms with Crippen LogP contribution in [0.4, 0.5) is 0 Å². The van der Waals surface area contributed by atoms with Crippen molar-refractivity contribution >= 4 is 6.29 Å². The number of benzene rings is 1. The molecule has 6 aliphatic rings. The van der Waals surface area contributed by atoms with Gasteiger partial charge >= 0.3 is 0 Å². The van der Waals surface area contributed by atoms with Crippen molar-refractivity contribution in [1.29, 1.82) is 0 Å². The Balaban J connectivity index is 1.05. The number of rotatable bonds is 6. The van der Waals surface area contributed by atoms with Crippen molar-refractivity contribution in [3.05, 3.63) is 59.2 Å². The van der Waals surface area contributed by atoms with Gasteiger partial charge in [-0.3, -0.25) is 0 Å². The molecule has 0 amide bonds. The topological polar surface area (TPSA) is 37.3 Å². The van der Waals surface area contributed by atoms with Crippen LogP contribution in [0.3, 0.4) is 0 Å². The van der Waals surface area contributed by atoms with Gasteiger partial charge in [0.05, 0.1) is 6.10 Å². The van der Waals surface area contributed by atoms with Gasteiger partial charge in [-0.1, -0.05) is 76.6 Å². The standard InChI is InChI=1S/C41H58O2/c1-38(2)35-18-21-39(3)33-17-24-41(20-6-9-34(41)32(33)14-15-36(39)40(35,4)22-19-37(38)43)23-16-28-7-5-8-31(25-28)26-29-10-12-30(27-42)13-11-29/h5,7-8,10-12,25,27,30,32-37,43H,6,9,13-24,26H2,1-4H3. The van der Waals surface area contributed by atoms with E-state index in [-0.39, 0.29) is 17.4 Å². The highest BCUT2D eigenvalue weighted by Crippen LogP contribution is 2.73. The molecule has 1 aromatic carbocycles. The Morgan fingerprint density at radius 2 is 1.67 bits per heavy atom. The van der Waals surface area contributed by atoms with E-state index in [0.29, 0.717) is 22.2 Å². The van der Waals surface area contributed by atoms with Crippen LogP contribution >= 0.6 is 0 Å². The normalized spacial score (nSPS) is 44.9. The number of allylic oxidation sites excluding steroid dienone is 4. The summed E-state index contributed by atoms with van der Waals surface area (Å²) in [7, 11) is 0. The molecule has 7 rings (SSSR count). The van der Waals surface area contributed by atoms with Gasteiger partial charge in [0.25, 0.3) is 0 Å². The molecule has 10 atom stereocenters. The monoisotopic (exact) mass is 582 g/mol. The second-order valence-electron chi connectivity index (χ2n) is 17.4. The van der Waals surface area contributed by atoms with Gasteiger partial charge in [-0.2, -0.15) is 0 Å². The Labute approximate surface area is 262 Å². The lowest BCUT2D eigenvalue weighted by Crippen LogP contribution is -2.63. The maximum absolute atomic E-state index is 11.1. The van der Waals surface area contributed by atoms with Crippen LogP contribution in [0.25, 0.3) is 0 Å². The highest BCUT2D eigenvalue weighted by molar-refractivity contribution is 5.58. The van der Waals surface area contributed by atoms with Gasteiger partial charge in [0.15, 0.2) is 0 Å². The summed E-state index contributed by atoms with van der Waals surface area (Å²) < 4.78 is 0. The number of aryl methyl sites for hydroxylation is 1. The zero-order chi connectivity index (χ0) is 30.0. The van der Waals surface area contributed by atoms with E-state index in [1.807, 2.05) is 0 Å². The molecule has 0 aliphatic heterocycles. The van der Waals surface area contributed by atoms with Crippen LogP contribution in [-0.4, -0.2) is 17.5 Å². The van der Waals surface area contributed by atoms with Gasteiger partial charge in [-0.25, -0.2) is 0 Å². The van der Waals surface area contributed by atoms with Crippen LogP contribution in [0.2, 0.25) is 0 Å². The van der Waals surface area contributed by atoms with E-state index in [2.05, 4.69) is 70.2 Å². The number of carbonyl (C=O) groups excluding carboxylic acids is 1.